The van der Waals surface area contributed by atoms with Gasteiger partial charge in [-0.2, -0.15) is 6.92 Å². The van der Waals surface area contributed by atoms with Crippen LogP contribution < -0.4 is 10.6 Å². The van der Waals surface area contributed by atoms with Gasteiger partial charge in [0.25, 0.3) is 5.91 Å². The number of aryl methyl sites for hydroxylation is 5. The zero-order valence-electron chi connectivity index (χ0n) is 32.8. The van der Waals surface area contributed by atoms with E-state index in [4.69, 9.17) is 0 Å². The maximum atomic E-state index is 13.3. The largest absolute Gasteiger partial charge is 0.425 e. The van der Waals surface area contributed by atoms with E-state index in [9.17, 15) is 33.6 Å². The summed E-state index contributed by atoms with van der Waals surface area (Å²) in [7, 11) is 8.30. The van der Waals surface area contributed by atoms with Crippen LogP contribution >= 0.6 is 0 Å². The van der Waals surface area contributed by atoms with Crippen molar-refractivity contribution in [2.45, 2.75) is 45.4 Å². The first-order valence-electron chi connectivity index (χ1n) is 17.7. The zero-order valence-corrected chi connectivity index (χ0v) is 35.6. The fourth-order valence-electron chi connectivity index (χ4n) is 6.20. The number of Topliss-reactive ketones (excluding diaryl/α,β-unsaturated/α-hetero) is 6. The molecular weight excluding hydrogens is 811 g/mol. The van der Waals surface area contributed by atoms with E-state index in [1.54, 1.807) is 81.4 Å². The summed E-state index contributed by atoms with van der Waals surface area (Å²) in [6.07, 6.45) is 8.23. The first-order chi connectivity index (χ1) is 26.5. The average molecular weight is 856 g/mol. The molecule has 2 N–H and O–H groups in total. The molecule has 0 atom stereocenters. The van der Waals surface area contributed by atoms with Crippen molar-refractivity contribution in [1.82, 2.24) is 48.1 Å². The summed E-state index contributed by atoms with van der Waals surface area (Å²) in [5.41, 5.74) is 2.15. The van der Waals surface area contributed by atoms with Crippen LogP contribution in [0.25, 0.3) is 0 Å². The van der Waals surface area contributed by atoms with Gasteiger partial charge in [-0.3, -0.25) is 28.8 Å². The number of imidazole rings is 4. The molecular formula is C38H44N11O7Y-. The maximum Gasteiger partial charge on any atom is 0.287 e. The van der Waals surface area contributed by atoms with Gasteiger partial charge in [0.05, 0.1) is 36.3 Å². The monoisotopic (exact) mass is 855 g/mol. The van der Waals surface area contributed by atoms with Crippen LogP contribution in [0.15, 0.2) is 37.1 Å². The fraction of sp³-hybridized carbons (Fsp3) is 0.368. The molecule has 0 aliphatic carbocycles. The minimum absolute atomic E-state index is 0. The number of carbonyl (C=O) groups is 7. The molecule has 0 saturated heterocycles. The summed E-state index contributed by atoms with van der Waals surface area (Å²) >= 11 is 0. The number of aromatic nitrogens is 9. The third-order valence-electron chi connectivity index (χ3n) is 8.85. The number of hydrogen-bond acceptors (Lipinski definition) is 12. The van der Waals surface area contributed by atoms with Crippen LogP contribution in [-0.4, -0.2) is 96.5 Å². The van der Waals surface area contributed by atoms with Gasteiger partial charge in [-0.25, -0.2) is 19.9 Å². The number of amides is 1. The summed E-state index contributed by atoms with van der Waals surface area (Å²) < 4.78 is 7.75. The number of anilines is 1. The van der Waals surface area contributed by atoms with Crippen molar-refractivity contribution in [1.29, 1.82) is 0 Å². The van der Waals surface area contributed by atoms with Crippen LogP contribution in [0, 0.1) is 6.92 Å². The Hall–Kier alpha value is -5.62. The Morgan fingerprint density at radius 2 is 1.07 bits per heavy atom. The Bertz CT molecular complexity index is 2360. The van der Waals surface area contributed by atoms with E-state index < -0.39 is 5.91 Å². The first-order valence-corrected chi connectivity index (χ1v) is 17.7. The Labute approximate surface area is 353 Å². The Morgan fingerprint density at radius 3 is 1.56 bits per heavy atom. The van der Waals surface area contributed by atoms with Crippen molar-refractivity contribution in [3.8, 4) is 0 Å². The number of ketones is 6. The summed E-state index contributed by atoms with van der Waals surface area (Å²) in [6, 6.07) is 1.62. The molecule has 0 aliphatic rings. The van der Waals surface area contributed by atoms with Gasteiger partial charge in [0, 0.05) is 124 Å². The predicted octanol–water partition coefficient (Wildman–Crippen LogP) is 1.57. The van der Waals surface area contributed by atoms with Gasteiger partial charge in [0.1, 0.15) is 17.4 Å². The van der Waals surface area contributed by atoms with E-state index in [0.717, 1.165) is 0 Å². The SMILES string of the molecule is [CH2-]C(=O)c1cc(CC(=O)CCNC(=O)c2nc(CC(=O)c3nc(CC(=O)c4nc(CC(=O)c5nc(NCCC(C)=O)cn5C)cn4C)cn3C)cn2C)cn1C.[Y]. The topological polar surface area (TPSA) is 220 Å². The number of carbonyl (C=O) groups excluding carboxylic acids is 7. The fourth-order valence-corrected chi connectivity index (χ4v) is 6.20. The molecule has 0 aromatic carbocycles. The van der Waals surface area contributed by atoms with E-state index in [1.165, 1.54) is 20.6 Å². The molecule has 5 heterocycles. The molecule has 0 fully saturated rings. The number of rotatable bonds is 20. The Kier molecular flexibility index (Phi) is 14.7. The van der Waals surface area contributed by atoms with E-state index >= 15 is 0 Å². The van der Waals surface area contributed by atoms with Crippen LogP contribution in [0.5, 0.6) is 0 Å². The second-order valence-corrected chi connectivity index (χ2v) is 13.7. The molecule has 1 amide bonds. The van der Waals surface area contributed by atoms with Gasteiger partial charge in [-0.1, -0.05) is 5.69 Å². The predicted molar refractivity (Wildman–Crippen MR) is 201 cm³/mol. The molecule has 297 valence electrons. The molecule has 0 saturated carbocycles. The van der Waals surface area contributed by atoms with Crippen LogP contribution in [0.3, 0.4) is 0 Å². The second kappa shape index (κ2) is 19.0. The van der Waals surface area contributed by atoms with Gasteiger partial charge in [-0.15, -0.1) is 6.07 Å². The minimum atomic E-state index is -0.510. The zero-order chi connectivity index (χ0) is 40.8. The Morgan fingerprint density at radius 1 is 0.596 bits per heavy atom. The molecule has 0 bridgehead atoms. The van der Waals surface area contributed by atoms with Gasteiger partial charge < -0.3 is 38.3 Å². The van der Waals surface area contributed by atoms with Crippen molar-refractivity contribution >= 4 is 46.4 Å². The Balaban J connectivity index is 0.00000720. The van der Waals surface area contributed by atoms with E-state index in [2.05, 4.69) is 37.5 Å². The van der Waals surface area contributed by atoms with Crippen molar-refractivity contribution in [2.24, 2.45) is 35.2 Å². The number of hydrogen-bond donors (Lipinski definition) is 2. The summed E-state index contributed by atoms with van der Waals surface area (Å²) in [5, 5.41) is 5.71. The molecule has 5 rings (SSSR count). The van der Waals surface area contributed by atoms with E-state index in [1.807, 2.05) is 0 Å². The van der Waals surface area contributed by atoms with Crippen molar-refractivity contribution in [2.75, 3.05) is 18.4 Å². The molecule has 0 unspecified atom stereocenters. The molecule has 18 nitrogen and oxygen atoms in total. The quantitative estimate of drug-likeness (QED) is 0.0842. The van der Waals surface area contributed by atoms with Gasteiger partial charge in [0.15, 0.2) is 23.3 Å². The van der Waals surface area contributed by atoms with Crippen LogP contribution in [-0.2, 0) is 103 Å². The average Bonchev–Trinajstić information content (AvgIpc) is 3.93. The third-order valence-corrected chi connectivity index (χ3v) is 8.85. The van der Waals surface area contributed by atoms with Gasteiger partial charge >= 0.3 is 0 Å². The van der Waals surface area contributed by atoms with Gasteiger partial charge in [0.2, 0.25) is 17.3 Å². The summed E-state index contributed by atoms with van der Waals surface area (Å²) in [5.74, 6) is -1.00. The molecule has 19 heteroatoms. The second-order valence-electron chi connectivity index (χ2n) is 13.7. The molecule has 57 heavy (non-hydrogen) atoms. The maximum absolute atomic E-state index is 13.3. The first kappa shape index (κ1) is 44.1. The van der Waals surface area contributed by atoms with Crippen molar-refractivity contribution < 1.29 is 66.3 Å². The summed E-state index contributed by atoms with van der Waals surface area (Å²) in [4.78, 5) is 105. The third kappa shape index (κ3) is 11.3. The van der Waals surface area contributed by atoms with E-state index in [0.29, 0.717) is 47.1 Å². The molecule has 5 aromatic heterocycles. The smallest absolute Gasteiger partial charge is 0.287 e. The molecule has 1 radical (unpaired) electrons. The van der Waals surface area contributed by atoms with Crippen molar-refractivity contribution in [3.05, 3.63) is 95.6 Å². The van der Waals surface area contributed by atoms with E-state index in [-0.39, 0.29) is 129 Å². The normalized spacial score (nSPS) is 10.9. The molecule has 0 spiro atoms. The van der Waals surface area contributed by atoms with Crippen molar-refractivity contribution in [3.63, 3.8) is 0 Å². The standard InChI is InChI=1S/C38H44N11O7.Y/c1-22(50)8-10-39-33-21-49(7)36(44-33)32(55)15-26-19-47(5)34(42-26)30(53)14-25-18-46(4)35(41-25)31(54)16-27-20-48(6)37(43-27)38(56)40-11-9-28(52)12-24-13-29(23(2)51)45(3)17-24;/h13,17-21,39H,2,8-12,14-16H2,1,3-7H3,(H,40,56);/q-1;. The van der Waals surface area contributed by atoms with Crippen LogP contribution in [0.1, 0.15) is 95.4 Å². The number of nitrogens with one attached hydrogen (secondary N) is 2. The minimum Gasteiger partial charge on any atom is -0.425 e. The van der Waals surface area contributed by atoms with Crippen LogP contribution in [0.4, 0.5) is 5.82 Å². The van der Waals surface area contributed by atoms with Crippen LogP contribution in [0.2, 0.25) is 0 Å². The number of nitrogens with zero attached hydrogens (tertiary/aromatic N) is 9. The summed E-state index contributed by atoms with van der Waals surface area (Å²) in [6.45, 7) is 5.37. The molecule has 0 aliphatic heterocycles. The van der Waals surface area contributed by atoms with Gasteiger partial charge in [-0.05, 0) is 25.7 Å². The molecule has 5 aromatic rings.